The number of nitrogens with one attached hydrogen (secondary N) is 2. The number of nitrogens with zero attached hydrogens (tertiary/aromatic N) is 1. The van der Waals surface area contributed by atoms with Crippen molar-refractivity contribution in [2.24, 2.45) is 0 Å². The molecule has 6 nitrogen and oxygen atoms in total. The molecule has 0 aliphatic heterocycles. The summed E-state index contributed by atoms with van der Waals surface area (Å²) in [5.74, 6) is 0.860. The molecule has 0 bridgehead atoms. The third-order valence-electron chi connectivity index (χ3n) is 3.62. The predicted octanol–water partition coefficient (Wildman–Crippen LogP) is 1.94. The number of hydrogen-bond donors (Lipinski definition) is 2. The normalized spacial score (nSPS) is 11.4. The average molecular weight is 352 g/mol. The number of aromatic amines is 2. The Bertz CT molecular complexity index is 1070. The van der Waals surface area contributed by atoms with Gasteiger partial charge < -0.3 is 4.98 Å². The second-order valence-corrected chi connectivity index (χ2v) is 6.56. The Labute approximate surface area is 139 Å². The zero-order valence-electron chi connectivity index (χ0n) is 12.3. The van der Waals surface area contributed by atoms with Gasteiger partial charge in [0, 0.05) is 17.0 Å². The predicted molar refractivity (Wildman–Crippen MR) is 95.0 cm³/mol. The van der Waals surface area contributed by atoms with Crippen molar-refractivity contribution < 1.29 is 0 Å². The van der Waals surface area contributed by atoms with Gasteiger partial charge in [0.25, 0.3) is 11.1 Å². The molecule has 0 atom stereocenters. The van der Waals surface area contributed by atoms with E-state index in [2.05, 4.69) is 10.1 Å². The van der Waals surface area contributed by atoms with Gasteiger partial charge in [-0.05, 0) is 36.6 Å². The molecule has 3 aromatic rings. The van der Waals surface area contributed by atoms with E-state index >= 15 is 0 Å². The third-order valence-corrected chi connectivity index (χ3v) is 4.55. The van der Waals surface area contributed by atoms with E-state index < -0.39 is 16.5 Å². The highest BCUT2D eigenvalue weighted by molar-refractivity contribution is 7.98. The highest BCUT2D eigenvalue weighted by Gasteiger charge is 2.14. The maximum absolute atomic E-state index is 12.6. The van der Waals surface area contributed by atoms with Gasteiger partial charge in [0.1, 0.15) is 10.9 Å². The maximum Gasteiger partial charge on any atom is 0.287 e. The number of rotatable bonds is 4. The molecule has 120 valence electrons. The second kappa shape index (κ2) is 6.25. The molecule has 2 heterocycles. The summed E-state index contributed by atoms with van der Waals surface area (Å²) in [7, 11) is 0. The van der Waals surface area contributed by atoms with Crippen LogP contribution in [0, 0.1) is 0 Å². The Hall–Kier alpha value is -1.99. The number of hydrogen-bond acceptors (Lipinski definition) is 4. The second-order valence-electron chi connectivity index (χ2n) is 5.14. The molecule has 0 fully saturated rings. The van der Waals surface area contributed by atoms with Crippen molar-refractivity contribution in [2.45, 2.75) is 13.0 Å². The molecule has 2 N–H and O–H groups in total. The minimum absolute atomic E-state index is 0.0177. The van der Waals surface area contributed by atoms with Crippen LogP contribution in [-0.4, -0.2) is 26.8 Å². The fourth-order valence-corrected chi connectivity index (χ4v) is 3.12. The quantitative estimate of drug-likeness (QED) is 0.555. The Kier molecular flexibility index (Phi) is 4.32. The number of aromatic nitrogens is 3. The van der Waals surface area contributed by atoms with Crippen molar-refractivity contribution in [2.75, 3.05) is 12.0 Å². The molecule has 23 heavy (non-hydrogen) atoms. The summed E-state index contributed by atoms with van der Waals surface area (Å²) in [5, 5.41) is 3.18. The summed E-state index contributed by atoms with van der Waals surface area (Å²) in [6, 6.07) is 4.69. The van der Waals surface area contributed by atoms with E-state index in [0.717, 1.165) is 12.2 Å². The molecule has 0 spiro atoms. The van der Waals surface area contributed by atoms with Crippen molar-refractivity contribution in [3.05, 3.63) is 54.2 Å². The van der Waals surface area contributed by atoms with Crippen LogP contribution in [0.15, 0.2) is 32.6 Å². The van der Waals surface area contributed by atoms with Crippen LogP contribution in [0.5, 0.6) is 0 Å². The topological polar surface area (TPSA) is 87.7 Å². The molecule has 0 saturated heterocycles. The van der Waals surface area contributed by atoms with Gasteiger partial charge in [0.15, 0.2) is 0 Å². The molecule has 0 saturated carbocycles. The summed E-state index contributed by atoms with van der Waals surface area (Å²) in [5.41, 5.74) is -1.03. The third kappa shape index (κ3) is 2.82. The molecule has 2 aromatic heterocycles. The van der Waals surface area contributed by atoms with Crippen LogP contribution in [0.3, 0.4) is 0 Å². The van der Waals surface area contributed by atoms with Gasteiger partial charge >= 0.3 is 0 Å². The van der Waals surface area contributed by atoms with Crippen molar-refractivity contribution >= 4 is 45.2 Å². The first-order valence-corrected chi connectivity index (χ1v) is 8.77. The van der Waals surface area contributed by atoms with E-state index in [0.29, 0.717) is 22.5 Å². The molecule has 3 rings (SSSR count). The van der Waals surface area contributed by atoms with Crippen LogP contribution >= 0.6 is 23.4 Å². The number of thioether (sulfide) groups is 1. The van der Waals surface area contributed by atoms with Crippen molar-refractivity contribution in [1.82, 2.24) is 14.8 Å². The zero-order valence-corrected chi connectivity index (χ0v) is 13.9. The van der Waals surface area contributed by atoms with E-state index in [9.17, 15) is 14.4 Å². The first-order valence-electron chi connectivity index (χ1n) is 7.00. The first kappa shape index (κ1) is 15.9. The van der Waals surface area contributed by atoms with Gasteiger partial charge in [-0.25, -0.2) is 4.68 Å². The van der Waals surface area contributed by atoms with Crippen molar-refractivity contribution in [1.29, 1.82) is 0 Å². The van der Waals surface area contributed by atoms with Gasteiger partial charge in [-0.15, -0.1) is 0 Å². The van der Waals surface area contributed by atoms with Gasteiger partial charge in [0.05, 0.1) is 5.52 Å². The van der Waals surface area contributed by atoms with Gasteiger partial charge in [0.2, 0.25) is 5.43 Å². The molecular formula is C15H14ClN3O3S. The Balaban J connectivity index is 2.33. The maximum atomic E-state index is 12.6. The zero-order chi connectivity index (χ0) is 16.6. The van der Waals surface area contributed by atoms with Gasteiger partial charge in [-0.2, -0.15) is 11.8 Å². The van der Waals surface area contributed by atoms with Crippen LogP contribution < -0.4 is 16.5 Å². The number of aryl methyl sites for hydroxylation is 1. The van der Waals surface area contributed by atoms with Crippen LogP contribution in [0.25, 0.3) is 21.8 Å². The standard InChI is InChI=1S/C15H14ClN3O3S/c1-23-6-2-5-19-15(22)11-12(14(21)18-19)17-10-7-8(16)3-4-9(10)13(11)20/h3-4,7H,2,5-6H2,1H3,(H,17,20)(H,18,21). The SMILES string of the molecule is CSCCCn1[nH]c(=O)c2[nH]c3cc(Cl)ccc3c(=O)c2c1=O. The molecule has 0 radical (unpaired) electrons. The number of H-pyrrole nitrogens is 2. The Morgan fingerprint density at radius 1 is 1.26 bits per heavy atom. The fourth-order valence-electron chi connectivity index (χ4n) is 2.53. The Morgan fingerprint density at radius 2 is 2.04 bits per heavy atom. The summed E-state index contributed by atoms with van der Waals surface area (Å²) in [4.78, 5) is 40.3. The fraction of sp³-hybridized carbons (Fsp3) is 0.267. The lowest BCUT2D eigenvalue weighted by molar-refractivity contribution is 0.569. The lowest BCUT2D eigenvalue weighted by Gasteiger charge is -2.07. The van der Waals surface area contributed by atoms with E-state index in [-0.39, 0.29) is 10.9 Å². The molecule has 0 amide bonds. The minimum atomic E-state index is -0.497. The summed E-state index contributed by atoms with van der Waals surface area (Å²) in [6.07, 6.45) is 2.69. The first-order chi connectivity index (χ1) is 11.0. The lowest BCUT2D eigenvalue weighted by atomic mass is 10.1. The lowest BCUT2D eigenvalue weighted by Crippen LogP contribution is -2.33. The highest BCUT2D eigenvalue weighted by atomic mass is 35.5. The summed E-state index contributed by atoms with van der Waals surface area (Å²) < 4.78 is 1.21. The van der Waals surface area contributed by atoms with Crippen molar-refractivity contribution in [3.8, 4) is 0 Å². The number of pyridine rings is 1. The Morgan fingerprint density at radius 3 is 2.78 bits per heavy atom. The number of benzene rings is 1. The van der Waals surface area contributed by atoms with Gasteiger partial charge in [-0.1, -0.05) is 11.6 Å². The average Bonchev–Trinajstić information content (AvgIpc) is 2.52. The molecule has 0 aliphatic rings. The van der Waals surface area contributed by atoms with Crippen LogP contribution in [0.4, 0.5) is 0 Å². The number of halogens is 1. The van der Waals surface area contributed by atoms with E-state index in [1.165, 1.54) is 4.68 Å². The van der Waals surface area contributed by atoms with E-state index in [1.807, 2.05) is 6.26 Å². The monoisotopic (exact) mass is 351 g/mol. The van der Waals surface area contributed by atoms with Gasteiger partial charge in [-0.3, -0.25) is 19.5 Å². The molecular weight excluding hydrogens is 338 g/mol. The highest BCUT2D eigenvalue weighted by Crippen LogP contribution is 2.16. The summed E-state index contributed by atoms with van der Waals surface area (Å²) in [6.45, 7) is 0.364. The summed E-state index contributed by atoms with van der Waals surface area (Å²) >= 11 is 7.57. The van der Waals surface area contributed by atoms with E-state index in [1.54, 1.807) is 30.0 Å². The van der Waals surface area contributed by atoms with Crippen LogP contribution in [-0.2, 0) is 6.54 Å². The molecule has 8 heteroatoms. The van der Waals surface area contributed by atoms with Crippen LogP contribution in [0.2, 0.25) is 5.02 Å². The number of fused-ring (bicyclic) bond motifs is 2. The van der Waals surface area contributed by atoms with E-state index in [4.69, 9.17) is 11.6 Å². The molecule has 0 aliphatic carbocycles. The smallest absolute Gasteiger partial charge is 0.287 e. The van der Waals surface area contributed by atoms with Crippen LogP contribution in [0.1, 0.15) is 6.42 Å². The van der Waals surface area contributed by atoms with Crippen molar-refractivity contribution in [3.63, 3.8) is 0 Å². The molecule has 1 aromatic carbocycles. The largest absolute Gasteiger partial charge is 0.350 e. The minimum Gasteiger partial charge on any atom is -0.350 e. The molecule has 0 unspecified atom stereocenters.